The highest BCUT2D eigenvalue weighted by molar-refractivity contribution is 8.27. The molecular weight excluding hydrogens is 415 g/mol. The zero-order valence-corrected chi connectivity index (χ0v) is 16.0. The van der Waals surface area contributed by atoms with Crippen molar-refractivity contribution in [1.29, 1.82) is 0 Å². The Balaban J connectivity index is 2.00. The van der Waals surface area contributed by atoms with Crippen molar-refractivity contribution in [3.05, 3.63) is 67.8 Å². The van der Waals surface area contributed by atoms with Crippen LogP contribution in [0, 0.1) is 15.9 Å². The first-order valence-corrected chi connectivity index (χ1v) is 8.97. The molecule has 1 aliphatic rings. The number of hydrogen-bond acceptors (Lipinski definition) is 6. The van der Waals surface area contributed by atoms with Crippen LogP contribution >= 0.6 is 35.6 Å². The highest BCUT2D eigenvalue weighted by atomic mass is 35.5. The van der Waals surface area contributed by atoms with E-state index in [0.717, 1.165) is 17.8 Å². The van der Waals surface area contributed by atoms with Gasteiger partial charge in [0.25, 0.3) is 11.6 Å². The number of anilines is 1. The van der Waals surface area contributed by atoms with E-state index in [1.165, 1.54) is 48.4 Å². The summed E-state index contributed by atoms with van der Waals surface area (Å²) in [6, 6.07) is 7.90. The van der Waals surface area contributed by atoms with Gasteiger partial charge in [-0.2, -0.15) is 0 Å². The van der Waals surface area contributed by atoms with E-state index in [1.807, 2.05) is 0 Å². The number of nitro benzene ring substituents is 1. The number of hydrogen-bond donors (Lipinski definition) is 0. The molecule has 1 heterocycles. The van der Waals surface area contributed by atoms with Crippen molar-refractivity contribution in [2.24, 2.45) is 0 Å². The van der Waals surface area contributed by atoms with Crippen molar-refractivity contribution in [2.45, 2.75) is 0 Å². The van der Waals surface area contributed by atoms with E-state index in [-0.39, 0.29) is 19.9 Å². The lowest BCUT2D eigenvalue weighted by atomic mass is 10.1. The number of nitro groups is 1. The molecule has 0 N–H and O–H groups in total. The van der Waals surface area contributed by atoms with Gasteiger partial charge in [-0.25, -0.2) is 4.39 Å². The van der Waals surface area contributed by atoms with Crippen molar-refractivity contribution < 1.29 is 18.8 Å². The molecule has 2 aromatic rings. The smallest absolute Gasteiger partial charge is 0.270 e. The van der Waals surface area contributed by atoms with Crippen molar-refractivity contribution in [1.82, 2.24) is 0 Å². The fraction of sp³-hybridized carbons (Fsp3) is 0.0588. The monoisotopic (exact) mass is 424 g/mol. The molecule has 0 aromatic heterocycles. The van der Waals surface area contributed by atoms with Crippen LogP contribution in [-0.2, 0) is 4.79 Å². The van der Waals surface area contributed by atoms with E-state index < -0.39 is 16.6 Å². The first kappa shape index (κ1) is 19.3. The van der Waals surface area contributed by atoms with Gasteiger partial charge in [-0.1, -0.05) is 35.6 Å². The number of non-ortho nitro benzene ring substituents is 1. The maximum Gasteiger partial charge on any atom is 0.270 e. The number of nitrogens with zero attached hydrogens (tertiary/aromatic N) is 2. The Morgan fingerprint density at radius 2 is 2.07 bits per heavy atom. The minimum Gasteiger partial charge on any atom is -0.496 e. The van der Waals surface area contributed by atoms with E-state index in [4.69, 9.17) is 28.6 Å². The zero-order chi connectivity index (χ0) is 19.7. The third kappa shape index (κ3) is 3.80. The molecule has 0 aliphatic carbocycles. The van der Waals surface area contributed by atoms with Crippen LogP contribution in [-0.4, -0.2) is 22.3 Å². The number of thioether (sulfide) groups is 1. The largest absolute Gasteiger partial charge is 0.496 e. The fourth-order valence-corrected chi connectivity index (χ4v) is 3.87. The van der Waals surface area contributed by atoms with Crippen LogP contribution in [0.4, 0.5) is 15.8 Å². The minimum absolute atomic E-state index is 0.133. The number of thiocarbonyl (C=S) groups is 1. The van der Waals surface area contributed by atoms with Gasteiger partial charge >= 0.3 is 0 Å². The summed E-state index contributed by atoms with van der Waals surface area (Å²) in [7, 11) is 1.42. The number of ether oxygens (including phenoxy) is 1. The SMILES string of the molecule is COc1ccc([N+](=O)[O-])cc1/C=C1/SC(=S)N(c2ccc(F)c(Cl)c2)C1=O. The van der Waals surface area contributed by atoms with Gasteiger partial charge in [0.2, 0.25) is 0 Å². The molecule has 3 rings (SSSR count). The normalized spacial score (nSPS) is 15.5. The van der Waals surface area contributed by atoms with E-state index in [0.29, 0.717) is 17.0 Å². The van der Waals surface area contributed by atoms with E-state index in [2.05, 4.69) is 0 Å². The second-order valence-corrected chi connectivity index (χ2v) is 7.38. The summed E-state index contributed by atoms with van der Waals surface area (Å²) in [5.41, 5.74) is 0.561. The molecule has 0 saturated carbocycles. The Morgan fingerprint density at radius 1 is 1.33 bits per heavy atom. The number of carbonyl (C=O) groups excluding carboxylic acids is 1. The summed E-state index contributed by atoms with van der Waals surface area (Å²) < 4.78 is 18.8. The van der Waals surface area contributed by atoms with Gasteiger partial charge in [-0.15, -0.1) is 0 Å². The lowest BCUT2D eigenvalue weighted by Crippen LogP contribution is -2.27. The standard InChI is InChI=1S/C17H10ClFN2O4S2/c1-25-14-5-3-11(21(23)24)6-9(14)7-15-16(22)20(17(26)27-15)10-2-4-13(19)12(18)8-10/h2-8H,1H3/b15-7+. The lowest BCUT2D eigenvalue weighted by molar-refractivity contribution is -0.384. The quantitative estimate of drug-likeness (QED) is 0.304. The molecule has 1 aliphatic heterocycles. The van der Waals surface area contributed by atoms with Crippen LogP contribution in [0.5, 0.6) is 5.75 Å². The van der Waals surface area contributed by atoms with Gasteiger partial charge in [0.15, 0.2) is 4.32 Å². The maximum atomic E-state index is 13.4. The third-order valence-corrected chi connectivity index (χ3v) is 5.26. The second kappa shape index (κ2) is 7.63. The van der Waals surface area contributed by atoms with Crippen molar-refractivity contribution in [3.63, 3.8) is 0 Å². The molecule has 1 saturated heterocycles. The van der Waals surface area contributed by atoms with Crippen LogP contribution in [0.2, 0.25) is 5.02 Å². The van der Waals surface area contributed by atoms with Gasteiger partial charge in [0.1, 0.15) is 11.6 Å². The molecule has 2 aromatic carbocycles. The summed E-state index contributed by atoms with van der Waals surface area (Å²) in [6.07, 6.45) is 1.47. The van der Waals surface area contributed by atoms with Crippen LogP contribution in [0.3, 0.4) is 0 Å². The molecule has 10 heteroatoms. The first-order chi connectivity index (χ1) is 12.8. The van der Waals surface area contributed by atoms with Crippen molar-refractivity contribution >= 4 is 63.3 Å². The average Bonchev–Trinajstić information content (AvgIpc) is 2.91. The fourth-order valence-electron chi connectivity index (χ4n) is 2.40. The molecule has 0 bridgehead atoms. The molecule has 0 spiro atoms. The topological polar surface area (TPSA) is 72.7 Å². The summed E-state index contributed by atoms with van der Waals surface area (Å²) in [5, 5.41) is 10.9. The zero-order valence-electron chi connectivity index (χ0n) is 13.6. The summed E-state index contributed by atoms with van der Waals surface area (Å²) in [6.45, 7) is 0. The number of rotatable bonds is 4. The molecule has 27 heavy (non-hydrogen) atoms. The minimum atomic E-state index is -0.609. The Hall–Kier alpha value is -2.49. The Bertz CT molecular complexity index is 1010. The Labute approximate surface area is 167 Å². The van der Waals surface area contributed by atoms with Gasteiger partial charge in [0.05, 0.1) is 27.6 Å². The average molecular weight is 425 g/mol. The van der Waals surface area contributed by atoms with Crippen LogP contribution < -0.4 is 9.64 Å². The molecule has 0 radical (unpaired) electrons. The predicted octanol–water partition coefficient (Wildman–Crippen LogP) is 4.80. The molecule has 0 atom stereocenters. The molecule has 138 valence electrons. The van der Waals surface area contributed by atoms with E-state index >= 15 is 0 Å². The van der Waals surface area contributed by atoms with Gasteiger partial charge in [-0.05, 0) is 30.3 Å². The van der Waals surface area contributed by atoms with E-state index in [9.17, 15) is 19.3 Å². The highest BCUT2D eigenvalue weighted by Gasteiger charge is 2.34. The molecule has 1 amide bonds. The maximum absolute atomic E-state index is 13.4. The summed E-state index contributed by atoms with van der Waals surface area (Å²) in [5.74, 6) is -0.681. The van der Waals surface area contributed by atoms with Crippen LogP contribution in [0.25, 0.3) is 6.08 Å². The summed E-state index contributed by atoms with van der Waals surface area (Å²) in [4.78, 5) is 24.7. The Morgan fingerprint density at radius 3 is 2.70 bits per heavy atom. The number of carbonyl (C=O) groups is 1. The van der Waals surface area contributed by atoms with E-state index in [1.54, 1.807) is 0 Å². The second-order valence-electron chi connectivity index (χ2n) is 5.30. The number of amides is 1. The molecule has 6 nitrogen and oxygen atoms in total. The number of benzene rings is 2. The predicted molar refractivity (Wildman–Crippen MR) is 107 cm³/mol. The lowest BCUT2D eigenvalue weighted by Gasteiger charge is -2.14. The summed E-state index contributed by atoms with van der Waals surface area (Å²) >= 11 is 12.1. The number of halogens is 2. The van der Waals surface area contributed by atoms with Crippen molar-refractivity contribution in [3.8, 4) is 5.75 Å². The van der Waals surface area contributed by atoms with Crippen LogP contribution in [0.1, 0.15) is 5.56 Å². The van der Waals surface area contributed by atoms with Gasteiger partial charge < -0.3 is 4.74 Å². The third-order valence-electron chi connectivity index (χ3n) is 3.67. The number of methoxy groups -OCH3 is 1. The van der Waals surface area contributed by atoms with Crippen molar-refractivity contribution in [2.75, 3.05) is 12.0 Å². The first-order valence-electron chi connectivity index (χ1n) is 7.37. The highest BCUT2D eigenvalue weighted by Crippen LogP contribution is 2.38. The van der Waals surface area contributed by atoms with Gasteiger partial charge in [0, 0.05) is 17.7 Å². The molecule has 1 fully saturated rings. The molecule has 0 unspecified atom stereocenters. The molecular formula is C17H10ClFN2O4S2. The Kier molecular flexibility index (Phi) is 5.45. The van der Waals surface area contributed by atoms with Crippen LogP contribution in [0.15, 0.2) is 41.3 Å². The van der Waals surface area contributed by atoms with Gasteiger partial charge in [-0.3, -0.25) is 19.8 Å².